The second-order valence-corrected chi connectivity index (χ2v) is 7.58. The maximum atomic E-state index is 12.6. The maximum Gasteiger partial charge on any atom is 0.241 e. The standard InChI is InChI=1S/C15H22N2O4S/c1-3-17-9-11(2)13(10-17)16-22(18,19)12-4-5-14-15(8-12)21-7-6-20-14/h4-5,8,11,13,16H,3,6-7,9-10H2,1-2H3/t11-,13+/m1/s1. The van der Waals surface area contributed by atoms with Gasteiger partial charge >= 0.3 is 0 Å². The number of hydrogen-bond donors (Lipinski definition) is 1. The van der Waals surface area contributed by atoms with E-state index in [0.29, 0.717) is 30.6 Å². The van der Waals surface area contributed by atoms with Gasteiger partial charge in [-0.1, -0.05) is 13.8 Å². The van der Waals surface area contributed by atoms with Crippen LogP contribution in [-0.4, -0.2) is 52.2 Å². The number of likely N-dealkylation sites (N-methyl/N-ethyl adjacent to an activating group) is 1. The van der Waals surface area contributed by atoms with Gasteiger partial charge in [0.05, 0.1) is 4.90 Å². The van der Waals surface area contributed by atoms with Gasteiger partial charge in [0.25, 0.3) is 0 Å². The molecule has 2 aliphatic heterocycles. The lowest BCUT2D eigenvalue weighted by Gasteiger charge is -2.20. The number of fused-ring (bicyclic) bond motifs is 1. The first kappa shape index (κ1) is 15.6. The van der Waals surface area contributed by atoms with Gasteiger partial charge in [0.1, 0.15) is 13.2 Å². The van der Waals surface area contributed by atoms with Crippen LogP contribution in [-0.2, 0) is 10.0 Å². The second kappa shape index (κ2) is 6.06. The van der Waals surface area contributed by atoms with Gasteiger partial charge in [-0.05, 0) is 24.6 Å². The summed E-state index contributed by atoms with van der Waals surface area (Å²) in [4.78, 5) is 2.47. The van der Waals surface area contributed by atoms with Crippen LogP contribution in [0.4, 0.5) is 0 Å². The summed E-state index contributed by atoms with van der Waals surface area (Å²) in [6.07, 6.45) is 0. The zero-order valence-electron chi connectivity index (χ0n) is 12.9. The number of nitrogens with zero attached hydrogens (tertiary/aromatic N) is 1. The quantitative estimate of drug-likeness (QED) is 0.897. The molecule has 0 bridgehead atoms. The summed E-state index contributed by atoms with van der Waals surface area (Å²) in [5, 5.41) is 0. The van der Waals surface area contributed by atoms with E-state index in [9.17, 15) is 8.42 Å². The molecule has 2 heterocycles. The summed E-state index contributed by atoms with van der Waals surface area (Å²) in [6.45, 7) is 7.70. The average molecular weight is 326 g/mol. The van der Waals surface area contributed by atoms with Crippen molar-refractivity contribution >= 4 is 10.0 Å². The summed E-state index contributed by atoms with van der Waals surface area (Å²) in [6, 6.07) is 4.69. The Morgan fingerprint density at radius 1 is 1.23 bits per heavy atom. The summed E-state index contributed by atoms with van der Waals surface area (Å²) in [5.41, 5.74) is 0. The summed E-state index contributed by atoms with van der Waals surface area (Å²) in [7, 11) is -3.55. The Morgan fingerprint density at radius 2 is 1.95 bits per heavy atom. The highest BCUT2D eigenvalue weighted by molar-refractivity contribution is 7.89. The minimum absolute atomic E-state index is 0.0573. The van der Waals surface area contributed by atoms with Crippen LogP contribution in [0.15, 0.2) is 23.1 Å². The molecule has 3 rings (SSSR count). The number of nitrogens with one attached hydrogen (secondary N) is 1. The van der Waals surface area contributed by atoms with E-state index >= 15 is 0 Å². The Hall–Kier alpha value is -1.31. The minimum atomic E-state index is -3.55. The van der Waals surface area contributed by atoms with E-state index in [2.05, 4.69) is 23.5 Å². The summed E-state index contributed by atoms with van der Waals surface area (Å²) < 4.78 is 38.9. The van der Waals surface area contributed by atoms with Gasteiger partial charge in [0.2, 0.25) is 10.0 Å². The Labute approximate surface area is 131 Å². The van der Waals surface area contributed by atoms with Crippen molar-refractivity contribution in [2.75, 3.05) is 32.8 Å². The Kier molecular flexibility index (Phi) is 4.29. The van der Waals surface area contributed by atoms with Crippen LogP contribution in [0.5, 0.6) is 11.5 Å². The van der Waals surface area contributed by atoms with Crippen molar-refractivity contribution in [2.45, 2.75) is 24.8 Å². The SMILES string of the molecule is CCN1C[C@@H](C)[C@@H](NS(=O)(=O)c2ccc3c(c2)OCCO3)C1. The molecule has 1 saturated heterocycles. The maximum absolute atomic E-state index is 12.6. The lowest BCUT2D eigenvalue weighted by molar-refractivity contribution is 0.171. The number of likely N-dealkylation sites (tertiary alicyclic amines) is 1. The fourth-order valence-electron chi connectivity index (χ4n) is 2.94. The molecule has 1 aromatic rings. The van der Waals surface area contributed by atoms with Crippen molar-refractivity contribution in [3.63, 3.8) is 0 Å². The monoisotopic (exact) mass is 326 g/mol. The zero-order valence-corrected chi connectivity index (χ0v) is 13.7. The fourth-order valence-corrected chi connectivity index (χ4v) is 4.29. The molecule has 122 valence electrons. The molecule has 1 fully saturated rings. The van der Waals surface area contributed by atoms with Crippen LogP contribution < -0.4 is 14.2 Å². The number of benzene rings is 1. The van der Waals surface area contributed by atoms with E-state index in [1.807, 2.05) is 0 Å². The molecule has 0 unspecified atom stereocenters. The fraction of sp³-hybridized carbons (Fsp3) is 0.600. The van der Waals surface area contributed by atoms with Gasteiger partial charge in [0.15, 0.2) is 11.5 Å². The average Bonchev–Trinajstić information content (AvgIpc) is 2.86. The van der Waals surface area contributed by atoms with Gasteiger partial charge in [-0.3, -0.25) is 0 Å². The van der Waals surface area contributed by atoms with Crippen molar-refractivity contribution < 1.29 is 17.9 Å². The van der Waals surface area contributed by atoms with Gasteiger partial charge in [-0.25, -0.2) is 13.1 Å². The Morgan fingerprint density at radius 3 is 2.64 bits per heavy atom. The number of sulfonamides is 1. The highest BCUT2D eigenvalue weighted by atomic mass is 32.2. The smallest absolute Gasteiger partial charge is 0.241 e. The van der Waals surface area contributed by atoms with E-state index in [0.717, 1.165) is 19.6 Å². The van der Waals surface area contributed by atoms with Crippen LogP contribution in [0, 0.1) is 5.92 Å². The van der Waals surface area contributed by atoms with Gasteiger partial charge in [-0.2, -0.15) is 0 Å². The lowest BCUT2D eigenvalue weighted by atomic mass is 10.1. The molecule has 6 nitrogen and oxygen atoms in total. The molecule has 0 saturated carbocycles. The highest BCUT2D eigenvalue weighted by Gasteiger charge is 2.32. The van der Waals surface area contributed by atoms with Crippen LogP contribution in [0.1, 0.15) is 13.8 Å². The third kappa shape index (κ3) is 3.06. The Balaban J connectivity index is 1.78. The molecule has 2 atom stereocenters. The largest absolute Gasteiger partial charge is 0.486 e. The molecule has 0 aromatic heterocycles. The topological polar surface area (TPSA) is 67.9 Å². The van der Waals surface area contributed by atoms with Crippen molar-refractivity contribution in [1.29, 1.82) is 0 Å². The molecule has 0 spiro atoms. The number of hydrogen-bond acceptors (Lipinski definition) is 5. The number of rotatable bonds is 4. The second-order valence-electron chi connectivity index (χ2n) is 5.86. The van der Waals surface area contributed by atoms with E-state index in [-0.39, 0.29) is 10.9 Å². The number of ether oxygens (including phenoxy) is 2. The van der Waals surface area contributed by atoms with E-state index in [1.54, 1.807) is 12.1 Å². The normalized spacial score (nSPS) is 25.4. The molecule has 0 radical (unpaired) electrons. The van der Waals surface area contributed by atoms with Crippen molar-refractivity contribution in [3.05, 3.63) is 18.2 Å². The first-order valence-corrected chi connectivity index (χ1v) is 9.12. The van der Waals surface area contributed by atoms with Gasteiger partial charge in [-0.15, -0.1) is 0 Å². The molecule has 0 amide bonds. The molecular weight excluding hydrogens is 304 g/mol. The van der Waals surface area contributed by atoms with E-state index < -0.39 is 10.0 Å². The van der Waals surface area contributed by atoms with Gasteiger partial charge < -0.3 is 14.4 Å². The molecule has 0 aliphatic carbocycles. The molecule has 1 aromatic carbocycles. The molecular formula is C15H22N2O4S. The lowest BCUT2D eigenvalue weighted by Crippen LogP contribution is -2.39. The van der Waals surface area contributed by atoms with Crippen molar-refractivity contribution in [2.24, 2.45) is 5.92 Å². The molecule has 2 aliphatic rings. The van der Waals surface area contributed by atoms with E-state index in [1.165, 1.54) is 6.07 Å². The predicted octanol–water partition coefficient (Wildman–Crippen LogP) is 1.08. The molecule has 1 N–H and O–H groups in total. The van der Waals surface area contributed by atoms with E-state index in [4.69, 9.17) is 9.47 Å². The Bertz CT molecular complexity index is 647. The highest BCUT2D eigenvalue weighted by Crippen LogP contribution is 2.32. The van der Waals surface area contributed by atoms with Crippen LogP contribution in [0.3, 0.4) is 0 Å². The molecule has 22 heavy (non-hydrogen) atoms. The zero-order chi connectivity index (χ0) is 15.7. The van der Waals surface area contributed by atoms with Crippen LogP contribution >= 0.6 is 0 Å². The van der Waals surface area contributed by atoms with Crippen LogP contribution in [0.2, 0.25) is 0 Å². The van der Waals surface area contributed by atoms with Crippen LogP contribution in [0.25, 0.3) is 0 Å². The summed E-state index contributed by atoms with van der Waals surface area (Å²) in [5.74, 6) is 1.38. The van der Waals surface area contributed by atoms with Crippen molar-refractivity contribution in [3.8, 4) is 11.5 Å². The summed E-state index contributed by atoms with van der Waals surface area (Å²) >= 11 is 0. The first-order chi connectivity index (χ1) is 10.5. The molecule has 7 heteroatoms. The van der Waals surface area contributed by atoms with Gasteiger partial charge in [0, 0.05) is 25.2 Å². The third-order valence-corrected chi connectivity index (χ3v) is 5.75. The minimum Gasteiger partial charge on any atom is -0.486 e. The first-order valence-electron chi connectivity index (χ1n) is 7.64. The van der Waals surface area contributed by atoms with Crippen molar-refractivity contribution in [1.82, 2.24) is 9.62 Å². The predicted molar refractivity (Wildman–Crippen MR) is 82.8 cm³/mol. The third-order valence-electron chi connectivity index (χ3n) is 4.27.